The highest BCUT2D eigenvalue weighted by atomic mass is 32.3. The van der Waals surface area contributed by atoms with E-state index in [1.54, 1.807) is 6.07 Å². The fourth-order valence-electron chi connectivity index (χ4n) is 3.30. The van der Waals surface area contributed by atoms with Gasteiger partial charge in [-0.25, -0.2) is 4.68 Å². The number of aromatic hydroxyl groups is 1. The first kappa shape index (κ1) is 16.4. The van der Waals surface area contributed by atoms with Crippen molar-refractivity contribution in [3.63, 3.8) is 0 Å². The Hall–Kier alpha value is -3.11. The summed E-state index contributed by atoms with van der Waals surface area (Å²) in [5.41, 5.74) is 0. The second kappa shape index (κ2) is 6.65. The second-order valence-corrected chi connectivity index (χ2v) is 9.10. The summed E-state index contributed by atoms with van der Waals surface area (Å²) in [6.45, 7) is 0. The molecule has 0 amide bonds. The summed E-state index contributed by atoms with van der Waals surface area (Å²) in [6.07, 6.45) is 1.83. The van der Waals surface area contributed by atoms with Crippen LogP contribution in [0.25, 0.3) is 0 Å². The van der Waals surface area contributed by atoms with Crippen LogP contribution in [0.3, 0.4) is 0 Å². The molecule has 26 heavy (non-hydrogen) atoms. The number of benzene rings is 3. The fraction of sp³-hybridized carbons (Fsp3) is 0. The molecule has 0 fully saturated rings. The molecule has 0 saturated carbocycles. The van der Waals surface area contributed by atoms with Crippen LogP contribution in [0.15, 0.2) is 123 Å². The van der Waals surface area contributed by atoms with E-state index in [4.69, 9.17) is 5.84 Å². The molecule has 130 valence electrons. The van der Waals surface area contributed by atoms with Crippen molar-refractivity contribution in [2.45, 2.75) is 19.6 Å². The van der Waals surface area contributed by atoms with Crippen molar-refractivity contribution in [2.75, 3.05) is 5.84 Å². The summed E-state index contributed by atoms with van der Waals surface area (Å²) in [7, 11) is -1.77. The summed E-state index contributed by atoms with van der Waals surface area (Å²) in [4.78, 5) is 4.59. The van der Waals surface area contributed by atoms with Crippen molar-refractivity contribution in [3.8, 4) is 5.88 Å². The van der Waals surface area contributed by atoms with Gasteiger partial charge in [0.15, 0.2) is 0 Å². The van der Waals surface area contributed by atoms with Gasteiger partial charge in [0, 0.05) is 31.8 Å². The summed E-state index contributed by atoms with van der Waals surface area (Å²) >= 11 is 0. The Morgan fingerprint density at radius 2 is 1.00 bits per heavy atom. The molecule has 0 unspecified atom stereocenters. The monoisotopic (exact) mass is 360 g/mol. The van der Waals surface area contributed by atoms with Gasteiger partial charge in [0.25, 0.3) is 0 Å². The van der Waals surface area contributed by atoms with Crippen molar-refractivity contribution in [1.29, 1.82) is 0 Å². The van der Waals surface area contributed by atoms with Gasteiger partial charge in [-0.1, -0.05) is 54.6 Å². The Morgan fingerprint density at radius 1 is 0.615 bits per heavy atom. The lowest BCUT2D eigenvalue weighted by molar-refractivity contribution is 0.438. The van der Waals surface area contributed by atoms with Crippen LogP contribution >= 0.6 is 10.0 Å². The van der Waals surface area contributed by atoms with E-state index in [-0.39, 0.29) is 5.88 Å². The number of aromatic nitrogens is 1. The number of nitrogen functional groups attached to an aromatic ring is 1. The van der Waals surface area contributed by atoms with Crippen LogP contribution in [0.5, 0.6) is 5.88 Å². The maximum Gasteiger partial charge on any atom is 0.210 e. The van der Waals surface area contributed by atoms with Crippen LogP contribution in [-0.2, 0) is 0 Å². The van der Waals surface area contributed by atoms with Gasteiger partial charge in [0.2, 0.25) is 5.88 Å². The largest absolute Gasteiger partial charge is 0.493 e. The van der Waals surface area contributed by atoms with Crippen molar-refractivity contribution < 1.29 is 5.11 Å². The first-order chi connectivity index (χ1) is 12.7. The summed E-state index contributed by atoms with van der Waals surface area (Å²) in [5, 5.41) is 10.2. The molecule has 0 aliphatic carbocycles. The molecule has 4 heteroatoms. The Morgan fingerprint density at radius 3 is 1.31 bits per heavy atom. The first-order valence-electron chi connectivity index (χ1n) is 8.38. The third-order valence-electron chi connectivity index (χ3n) is 4.45. The van der Waals surface area contributed by atoms with Gasteiger partial charge < -0.3 is 10.9 Å². The van der Waals surface area contributed by atoms with Gasteiger partial charge in [0.1, 0.15) is 0 Å². The third kappa shape index (κ3) is 2.55. The van der Waals surface area contributed by atoms with Crippen molar-refractivity contribution in [2.24, 2.45) is 0 Å². The SMILES string of the molecule is Nn1cc(S(c2ccccc2)(c2ccccc2)c2ccccc2)cc1O. The molecule has 0 saturated heterocycles. The van der Waals surface area contributed by atoms with E-state index < -0.39 is 10.0 Å². The Kier molecular flexibility index (Phi) is 4.19. The molecule has 0 aliphatic rings. The molecular formula is C22H20N2OS. The zero-order valence-electron chi connectivity index (χ0n) is 14.2. The van der Waals surface area contributed by atoms with Gasteiger partial charge in [-0.2, -0.15) is 0 Å². The van der Waals surface area contributed by atoms with E-state index >= 15 is 0 Å². The Balaban J connectivity index is 2.14. The summed E-state index contributed by atoms with van der Waals surface area (Å²) in [5.74, 6) is 6.01. The lowest BCUT2D eigenvalue weighted by atomic mass is 10.4. The Bertz CT molecular complexity index is 882. The quantitative estimate of drug-likeness (QED) is 0.489. The van der Waals surface area contributed by atoms with Gasteiger partial charge in [-0.3, -0.25) is 0 Å². The maximum absolute atomic E-state index is 10.2. The molecule has 4 aromatic rings. The smallest absolute Gasteiger partial charge is 0.210 e. The van der Waals surface area contributed by atoms with Crippen LogP contribution < -0.4 is 5.84 Å². The van der Waals surface area contributed by atoms with Crippen LogP contribution in [-0.4, -0.2) is 9.78 Å². The highest BCUT2D eigenvalue weighted by molar-refractivity contribution is 8.34. The molecule has 0 atom stereocenters. The average molecular weight is 360 g/mol. The van der Waals surface area contributed by atoms with Crippen LogP contribution in [0.1, 0.15) is 0 Å². The van der Waals surface area contributed by atoms with E-state index in [1.165, 1.54) is 19.4 Å². The predicted molar refractivity (Wildman–Crippen MR) is 106 cm³/mol. The van der Waals surface area contributed by atoms with E-state index in [1.807, 2.05) is 24.4 Å². The van der Waals surface area contributed by atoms with Gasteiger partial charge in [0.05, 0.1) is 0 Å². The Labute approximate surface area is 154 Å². The first-order valence-corrected chi connectivity index (χ1v) is 10.0. The number of hydrogen-bond donors (Lipinski definition) is 2. The van der Waals surface area contributed by atoms with Crippen LogP contribution in [0.2, 0.25) is 0 Å². The van der Waals surface area contributed by atoms with Gasteiger partial charge in [-0.15, -0.1) is 10.0 Å². The van der Waals surface area contributed by atoms with Crippen LogP contribution in [0.4, 0.5) is 0 Å². The highest BCUT2D eigenvalue weighted by Crippen LogP contribution is 2.73. The zero-order chi connectivity index (χ0) is 18.0. The molecule has 1 aromatic heterocycles. The molecule has 1 heterocycles. The summed E-state index contributed by atoms with van der Waals surface area (Å²) in [6, 6.07) is 33.1. The molecule has 0 spiro atoms. The second-order valence-electron chi connectivity index (χ2n) is 5.99. The highest BCUT2D eigenvalue weighted by Gasteiger charge is 2.34. The molecule has 3 aromatic carbocycles. The molecular weight excluding hydrogens is 340 g/mol. The molecule has 0 bridgehead atoms. The van der Waals surface area contributed by atoms with Crippen LogP contribution in [0, 0.1) is 0 Å². The average Bonchev–Trinajstić information content (AvgIpc) is 3.04. The van der Waals surface area contributed by atoms with E-state index in [0.717, 1.165) is 4.90 Å². The number of hydrogen-bond acceptors (Lipinski definition) is 2. The molecule has 0 aliphatic heterocycles. The fourth-order valence-corrected chi connectivity index (χ4v) is 7.18. The molecule has 4 rings (SSSR count). The molecule has 0 radical (unpaired) electrons. The minimum Gasteiger partial charge on any atom is -0.493 e. The number of nitrogens with two attached hydrogens (primary N) is 1. The maximum atomic E-state index is 10.2. The lowest BCUT2D eigenvalue weighted by Crippen LogP contribution is -2.07. The lowest BCUT2D eigenvalue weighted by Gasteiger charge is -2.41. The van der Waals surface area contributed by atoms with E-state index in [2.05, 4.69) is 72.8 Å². The third-order valence-corrected chi connectivity index (χ3v) is 8.31. The van der Waals surface area contributed by atoms with E-state index in [9.17, 15) is 5.11 Å². The topological polar surface area (TPSA) is 51.2 Å². The minimum atomic E-state index is -1.77. The zero-order valence-corrected chi connectivity index (χ0v) is 15.0. The van der Waals surface area contributed by atoms with Crippen molar-refractivity contribution >= 4 is 10.0 Å². The van der Waals surface area contributed by atoms with Crippen molar-refractivity contribution in [1.82, 2.24) is 4.68 Å². The van der Waals surface area contributed by atoms with Gasteiger partial charge in [-0.05, 0) is 36.4 Å². The van der Waals surface area contributed by atoms with E-state index in [0.29, 0.717) is 0 Å². The normalized spacial score (nSPS) is 12.0. The molecule has 3 N–H and O–H groups in total. The summed E-state index contributed by atoms with van der Waals surface area (Å²) < 4.78 is 1.28. The number of nitrogens with zero attached hydrogens (tertiary/aromatic N) is 1. The minimum absolute atomic E-state index is 0.0552. The number of rotatable bonds is 4. The van der Waals surface area contributed by atoms with Gasteiger partial charge >= 0.3 is 0 Å². The standard InChI is InChI=1S/C22H20N2OS/c23-24-17-21(16-22(24)25)26(18-10-4-1-5-11-18,19-12-6-2-7-13-19)20-14-8-3-9-15-20/h1-17,25H,23H2. The van der Waals surface area contributed by atoms with Crippen molar-refractivity contribution in [3.05, 3.63) is 103 Å². The molecule has 3 nitrogen and oxygen atoms in total. The predicted octanol–water partition coefficient (Wildman–Crippen LogP) is 5.25.